The van der Waals surface area contributed by atoms with Crippen molar-refractivity contribution in [2.45, 2.75) is 12.1 Å². The zero-order chi connectivity index (χ0) is 21.7. The first-order valence-electron chi connectivity index (χ1n) is 9.65. The van der Waals surface area contributed by atoms with E-state index in [0.717, 1.165) is 4.90 Å². The highest BCUT2D eigenvalue weighted by Gasteiger charge is 2.64. The van der Waals surface area contributed by atoms with Gasteiger partial charge in [0.2, 0.25) is 17.7 Å². The fourth-order valence-electron chi connectivity index (χ4n) is 4.48. The van der Waals surface area contributed by atoms with Crippen LogP contribution >= 0.6 is 23.2 Å². The Kier molecular flexibility index (Phi) is 4.79. The zero-order valence-electron chi connectivity index (χ0n) is 16.0. The van der Waals surface area contributed by atoms with E-state index in [4.69, 9.17) is 23.2 Å². The van der Waals surface area contributed by atoms with Crippen LogP contribution in [-0.4, -0.2) is 41.0 Å². The SMILES string of the molecule is O=C(Nc1ccccc1)[C@H]1[C@H]2C(=O)N(c3ccc(Cl)cc3Cl)C(=O)[C@H]2[C@@H]2C=CC=NN21. The van der Waals surface area contributed by atoms with Gasteiger partial charge in [0.1, 0.15) is 6.04 Å². The molecule has 156 valence electrons. The highest BCUT2D eigenvalue weighted by molar-refractivity contribution is 6.38. The molecule has 0 unspecified atom stereocenters. The number of imide groups is 1. The molecule has 7 nitrogen and oxygen atoms in total. The molecular weight excluding hydrogens is 439 g/mol. The molecule has 3 heterocycles. The van der Waals surface area contributed by atoms with Crippen LogP contribution in [0.25, 0.3) is 0 Å². The number of carbonyl (C=O) groups excluding carboxylic acids is 3. The fraction of sp³-hybridized carbons (Fsp3) is 0.182. The Morgan fingerprint density at radius 3 is 2.48 bits per heavy atom. The van der Waals surface area contributed by atoms with Crippen molar-refractivity contribution >= 4 is 58.5 Å². The second-order valence-electron chi connectivity index (χ2n) is 7.48. The molecule has 0 radical (unpaired) electrons. The van der Waals surface area contributed by atoms with Gasteiger partial charge in [-0.25, -0.2) is 4.90 Å². The third-order valence-corrected chi connectivity index (χ3v) is 6.29. The lowest BCUT2D eigenvalue weighted by molar-refractivity contribution is -0.129. The summed E-state index contributed by atoms with van der Waals surface area (Å²) < 4.78 is 0. The van der Waals surface area contributed by atoms with E-state index in [-0.39, 0.29) is 10.7 Å². The maximum absolute atomic E-state index is 13.5. The van der Waals surface area contributed by atoms with Crippen LogP contribution in [0.4, 0.5) is 11.4 Å². The van der Waals surface area contributed by atoms with Crippen molar-refractivity contribution in [1.82, 2.24) is 5.01 Å². The molecule has 3 amide bonds. The van der Waals surface area contributed by atoms with Crippen LogP contribution in [0.1, 0.15) is 0 Å². The topological polar surface area (TPSA) is 82.1 Å². The minimum absolute atomic E-state index is 0.188. The summed E-state index contributed by atoms with van der Waals surface area (Å²) in [6, 6.07) is 12.1. The number of amides is 3. The number of rotatable bonds is 3. The predicted molar refractivity (Wildman–Crippen MR) is 118 cm³/mol. The number of hydrogen-bond acceptors (Lipinski definition) is 5. The molecule has 0 aromatic heterocycles. The van der Waals surface area contributed by atoms with Crippen LogP contribution in [0.2, 0.25) is 10.0 Å². The number of carbonyl (C=O) groups is 3. The Hall–Kier alpha value is -3.16. The Balaban J connectivity index is 1.53. The van der Waals surface area contributed by atoms with Crippen LogP contribution in [0.5, 0.6) is 0 Å². The Morgan fingerprint density at radius 2 is 1.74 bits per heavy atom. The van der Waals surface area contributed by atoms with Crippen molar-refractivity contribution in [3.63, 3.8) is 0 Å². The van der Waals surface area contributed by atoms with Crippen LogP contribution < -0.4 is 10.2 Å². The maximum atomic E-state index is 13.5. The summed E-state index contributed by atoms with van der Waals surface area (Å²) in [6.45, 7) is 0. The van der Waals surface area contributed by atoms with E-state index in [9.17, 15) is 14.4 Å². The summed E-state index contributed by atoms with van der Waals surface area (Å²) in [7, 11) is 0. The van der Waals surface area contributed by atoms with Gasteiger partial charge in [-0.05, 0) is 36.4 Å². The smallest absolute Gasteiger partial charge is 0.249 e. The van der Waals surface area contributed by atoms with Gasteiger partial charge in [0.05, 0.1) is 28.6 Å². The van der Waals surface area contributed by atoms with Crippen molar-refractivity contribution < 1.29 is 14.4 Å². The summed E-state index contributed by atoms with van der Waals surface area (Å²) >= 11 is 12.3. The standard InChI is InChI=1S/C22H16Cl2N4O3/c23-12-8-9-15(14(24)11-12)27-21(30)17-16-7-4-10-25-28(16)19(18(17)22(27)31)20(29)26-13-5-2-1-3-6-13/h1-11,16-19H,(H,26,29)/t16-,17-,18-,19+/m0/s1. The maximum Gasteiger partial charge on any atom is 0.249 e. The van der Waals surface area contributed by atoms with Gasteiger partial charge < -0.3 is 5.32 Å². The average Bonchev–Trinajstić information content (AvgIpc) is 3.22. The highest BCUT2D eigenvalue weighted by Crippen LogP contribution is 2.46. The molecule has 0 bridgehead atoms. The zero-order valence-corrected chi connectivity index (χ0v) is 17.5. The number of nitrogens with one attached hydrogen (secondary N) is 1. The number of halogens is 2. The third-order valence-electron chi connectivity index (χ3n) is 5.75. The Labute approximate surface area is 187 Å². The molecule has 0 aliphatic carbocycles. The van der Waals surface area contributed by atoms with E-state index < -0.39 is 41.6 Å². The van der Waals surface area contributed by atoms with Crippen molar-refractivity contribution in [2.24, 2.45) is 16.9 Å². The molecule has 0 spiro atoms. The lowest BCUT2D eigenvalue weighted by Gasteiger charge is -2.30. The number of fused-ring (bicyclic) bond motifs is 3. The minimum Gasteiger partial charge on any atom is -0.324 e. The molecule has 3 aliphatic rings. The largest absolute Gasteiger partial charge is 0.324 e. The summed E-state index contributed by atoms with van der Waals surface area (Å²) in [5.41, 5.74) is 0.853. The summed E-state index contributed by atoms with van der Waals surface area (Å²) in [5.74, 6) is -2.94. The quantitative estimate of drug-likeness (QED) is 0.720. The van der Waals surface area contributed by atoms with Crippen LogP contribution in [-0.2, 0) is 14.4 Å². The van der Waals surface area contributed by atoms with Gasteiger partial charge >= 0.3 is 0 Å². The monoisotopic (exact) mass is 454 g/mol. The van der Waals surface area contributed by atoms with E-state index in [0.29, 0.717) is 10.7 Å². The van der Waals surface area contributed by atoms with Gasteiger partial charge in [0.25, 0.3) is 0 Å². The van der Waals surface area contributed by atoms with E-state index in [1.807, 2.05) is 6.07 Å². The lowest BCUT2D eigenvalue weighted by atomic mass is 9.88. The molecule has 2 aromatic rings. The van der Waals surface area contributed by atoms with Crippen LogP contribution in [0.15, 0.2) is 65.8 Å². The van der Waals surface area contributed by atoms with Gasteiger partial charge in [-0.15, -0.1) is 0 Å². The molecule has 1 N–H and O–H groups in total. The van der Waals surface area contributed by atoms with Gasteiger partial charge in [0.15, 0.2) is 0 Å². The van der Waals surface area contributed by atoms with Gasteiger partial charge in [0, 0.05) is 16.9 Å². The number of benzene rings is 2. The molecule has 9 heteroatoms. The van der Waals surface area contributed by atoms with Crippen LogP contribution in [0.3, 0.4) is 0 Å². The summed E-state index contributed by atoms with van der Waals surface area (Å²) in [4.78, 5) is 41.2. The number of nitrogens with zero attached hydrogens (tertiary/aromatic N) is 3. The summed E-state index contributed by atoms with van der Waals surface area (Å²) in [5, 5.41) is 9.27. The van der Waals surface area contributed by atoms with Gasteiger partial charge in [-0.3, -0.25) is 19.4 Å². The molecular formula is C22H16Cl2N4O3. The number of hydrazone groups is 1. The predicted octanol–water partition coefficient (Wildman–Crippen LogP) is 3.35. The Morgan fingerprint density at radius 1 is 1.00 bits per heavy atom. The first kappa shape index (κ1) is 19.8. The van der Waals surface area contributed by atoms with E-state index in [1.54, 1.807) is 53.7 Å². The molecule has 2 fully saturated rings. The second kappa shape index (κ2) is 7.51. The van der Waals surface area contributed by atoms with Crippen molar-refractivity contribution in [1.29, 1.82) is 0 Å². The third kappa shape index (κ3) is 3.12. The number of para-hydroxylation sites is 1. The van der Waals surface area contributed by atoms with E-state index in [1.165, 1.54) is 12.1 Å². The molecule has 31 heavy (non-hydrogen) atoms. The highest BCUT2D eigenvalue weighted by atomic mass is 35.5. The first-order chi connectivity index (χ1) is 15.0. The number of allylic oxidation sites excluding steroid dienone is 1. The van der Waals surface area contributed by atoms with Gasteiger partial charge in [-0.1, -0.05) is 47.5 Å². The van der Waals surface area contributed by atoms with Gasteiger partial charge in [-0.2, -0.15) is 5.10 Å². The molecule has 3 aliphatic heterocycles. The van der Waals surface area contributed by atoms with E-state index in [2.05, 4.69) is 10.4 Å². The molecule has 0 saturated carbocycles. The minimum atomic E-state index is -0.941. The molecule has 2 saturated heterocycles. The molecule has 5 rings (SSSR count). The fourth-order valence-corrected chi connectivity index (χ4v) is 4.97. The number of anilines is 2. The van der Waals surface area contributed by atoms with E-state index >= 15 is 0 Å². The average molecular weight is 455 g/mol. The lowest BCUT2D eigenvalue weighted by Crippen LogP contribution is -2.47. The molecule has 2 aromatic carbocycles. The van der Waals surface area contributed by atoms with Crippen molar-refractivity contribution in [2.75, 3.05) is 10.2 Å². The Bertz CT molecular complexity index is 1150. The second-order valence-corrected chi connectivity index (χ2v) is 8.32. The summed E-state index contributed by atoms with van der Waals surface area (Å²) in [6.07, 6.45) is 5.05. The number of hydrogen-bond donors (Lipinski definition) is 1. The normalized spacial score (nSPS) is 26.3. The first-order valence-corrected chi connectivity index (χ1v) is 10.4. The van der Waals surface area contributed by atoms with Crippen molar-refractivity contribution in [3.8, 4) is 0 Å². The van der Waals surface area contributed by atoms with Crippen molar-refractivity contribution in [3.05, 3.63) is 70.7 Å². The molecule has 4 atom stereocenters. The van der Waals surface area contributed by atoms with Crippen LogP contribution in [0, 0.1) is 11.8 Å².